The normalized spacial score (nSPS) is 10.7. The average Bonchev–Trinajstić information content (AvgIpc) is 3.17. The van der Waals surface area contributed by atoms with Crippen LogP contribution in [0.3, 0.4) is 0 Å². The summed E-state index contributed by atoms with van der Waals surface area (Å²) in [6.07, 6.45) is 3.70. The van der Waals surface area contributed by atoms with Gasteiger partial charge >= 0.3 is 0 Å². The van der Waals surface area contributed by atoms with Crippen LogP contribution in [0.1, 0.15) is 31.7 Å². The van der Waals surface area contributed by atoms with Crippen LogP contribution in [-0.4, -0.2) is 16.6 Å². The maximum absolute atomic E-state index is 12.3. The highest BCUT2D eigenvalue weighted by Crippen LogP contribution is 2.31. The van der Waals surface area contributed by atoms with Crippen LogP contribution in [0, 0.1) is 0 Å². The van der Waals surface area contributed by atoms with E-state index in [0.717, 1.165) is 27.3 Å². The van der Waals surface area contributed by atoms with Crippen LogP contribution in [0.15, 0.2) is 60.1 Å². The quantitative estimate of drug-likeness (QED) is 0.542. The first kappa shape index (κ1) is 18.2. The number of rotatable bonds is 8. The van der Waals surface area contributed by atoms with E-state index >= 15 is 0 Å². The number of benzene rings is 2. The van der Waals surface area contributed by atoms with Gasteiger partial charge in [0.05, 0.1) is 0 Å². The lowest BCUT2D eigenvalue weighted by atomic mass is 9.95. The van der Waals surface area contributed by atoms with Gasteiger partial charge in [0, 0.05) is 36.4 Å². The second kappa shape index (κ2) is 8.68. The maximum Gasteiger partial charge on any atom is 0.137 e. The van der Waals surface area contributed by atoms with Gasteiger partial charge in [-0.25, -0.2) is 4.98 Å². The Labute approximate surface area is 157 Å². The first-order valence-electron chi connectivity index (χ1n) is 8.73. The van der Waals surface area contributed by atoms with Crippen molar-refractivity contribution in [3.05, 3.63) is 65.7 Å². The van der Waals surface area contributed by atoms with Crippen molar-refractivity contribution >= 4 is 22.9 Å². The molecule has 1 aromatic heterocycles. The molecule has 0 bridgehead atoms. The molecule has 0 spiro atoms. The van der Waals surface area contributed by atoms with Crippen molar-refractivity contribution in [2.75, 3.05) is 0 Å². The molecule has 0 atom stereocenters. The van der Waals surface area contributed by atoms with E-state index in [9.17, 15) is 9.59 Å². The summed E-state index contributed by atoms with van der Waals surface area (Å²) in [4.78, 5) is 27.8. The van der Waals surface area contributed by atoms with Crippen LogP contribution in [0.4, 0.5) is 0 Å². The Kier molecular flexibility index (Phi) is 6.08. The molecular formula is C22H21NO2S. The van der Waals surface area contributed by atoms with Crippen LogP contribution in [0.5, 0.6) is 0 Å². The summed E-state index contributed by atoms with van der Waals surface area (Å²) in [5.74, 6) is 0.296. The minimum absolute atomic E-state index is 0.133. The van der Waals surface area contributed by atoms with Gasteiger partial charge in [0.15, 0.2) is 0 Å². The fourth-order valence-electron chi connectivity index (χ4n) is 2.93. The number of thiazole rings is 1. The van der Waals surface area contributed by atoms with E-state index in [2.05, 4.69) is 29.2 Å². The number of carbonyl (C=O) groups is 2. The molecule has 132 valence electrons. The maximum atomic E-state index is 12.3. The molecular weight excluding hydrogens is 342 g/mol. The highest BCUT2D eigenvalue weighted by molar-refractivity contribution is 7.13. The molecule has 3 nitrogen and oxygen atoms in total. The van der Waals surface area contributed by atoms with Crippen molar-refractivity contribution in [3.8, 4) is 21.7 Å². The predicted octanol–water partition coefficient (Wildman–Crippen LogP) is 5.35. The Balaban J connectivity index is 1.85. The van der Waals surface area contributed by atoms with E-state index in [1.807, 2.05) is 29.6 Å². The molecule has 0 aliphatic carbocycles. The topological polar surface area (TPSA) is 47.0 Å². The molecule has 0 radical (unpaired) electrons. The van der Waals surface area contributed by atoms with Crippen LogP contribution in [0.25, 0.3) is 21.7 Å². The summed E-state index contributed by atoms with van der Waals surface area (Å²) < 4.78 is 0. The number of nitrogens with zero attached hydrogens (tertiary/aromatic N) is 1. The Morgan fingerprint density at radius 1 is 1.00 bits per heavy atom. The van der Waals surface area contributed by atoms with Crippen LogP contribution < -0.4 is 0 Å². The highest BCUT2D eigenvalue weighted by atomic mass is 32.1. The minimum Gasteiger partial charge on any atom is -0.300 e. The summed E-state index contributed by atoms with van der Waals surface area (Å²) in [5, 5.41) is 2.87. The van der Waals surface area contributed by atoms with E-state index in [-0.39, 0.29) is 11.6 Å². The second-order valence-corrected chi connectivity index (χ2v) is 7.24. The smallest absolute Gasteiger partial charge is 0.137 e. The van der Waals surface area contributed by atoms with Gasteiger partial charge in [-0.1, -0.05) is 42.5 Å². The van der Waals surface area contributed by atoms with Crippen molar-refractivity contribution in [1.29, 1.82) is 0 Å². The number of hydrogen-bond donors (Lipinski definition) is 0. The molecule has 0 unspecified atom stereocenters. The third kappa shape index (κ3) is 4.73. The van der Waals surface area contributed by atoms with Crippen molar-refractivity contribution in [2.24, 2.45) is 0 Å². The molecule has 0 fully saturated rings. The van der Waals surface area contributed by atoms with E-state index in [1.165, 1.54) is 0 Å². The highest BCUT2D eigenvalue weighted by Gasteiger charge is 2.13. The van der Waals surface area contributed by atoms with Crippen molar-refractivity contribution < 1.29 is 9.59 Å². The van der Waals surface area contributed by atoms with Gasteiger partial charge in [-0.3, -0.25) is 4.79 Å². The number of Topliss-reactive ketones (excluding diaryl/α,β-unsaturated/α-hetero) is 2. The van der Waals surface area contributed by atoms with Gasteiger partial charge in [-0.05, 0) is 36.1 Å². The number of aromatic nitrogens is 1. The van der Waals surface area contributed by atoms with Crippen molar-refractivity contribution in [1.82, 2.24) is 4.98 Å². The molecule has 0 aliphatic rings. The van der Waals surface area contributed by atoms with Gasteiger partial charge in [-0.2, -0.15) is 0 Å². The first-order chi connectivity index (χ1) is 12.6. The van der Waals surface area contributed by atoms with Gasteiger partial charge in [-0.15, -0.1) is 11.3 Å². The lowest BCUT2D eigenvalue weighted by Gasteiger charge is -2.10. The predicted molar refractivity (Wildman–Crippen MR) is 106 cm³/mol. The van der Waals surface area contributed by atoms with Gasteiger partial charge < -0.3 is 4.79 Å². The zero-order valence-electron chi connectivity index (χ0n) is 14.8. The monoisotopic (exact) mass is 363 g/mol. The Morgan fingerprint density at radius 3 is 2.50 bits per heavy atom. The number of ketones is 2. The van der Waals surface area contributed by atoms with Crippen molar-refractivity contribution in [2.45, 2.75) is 32.6 Å². The molecule has 1 heterocycles. The molecule has 0 saturated carbocycles. The molecule has 4 heteroatoms. The molecule has 0 saturated heterocycles. The molecule has 26 heavy (non-hydrogen) atoms. The largest absolute Gasteiger partial charge is 0.300 e. The standard InChI is InChI=1S/C22H21NO2S/c1-16(24)6-5-9-20(25)14-19-11-10-18(17-7-3-2-4-8-17)15-21(19)22-23-12-13-26-22/h2-4,7-8,10-13,15H,5-6,9,14H2,1H3. The summed E-state index contributed by atoms with van der Waals surface area (Å²) in [5.41, 5.74) is 4.27. The molecule has 3 rings (SSSR count). The van der Waals surface area contributed by atoms with Gasteiger partial charge in [0.1, 0.15) is 16.6 Å². The van der Waals surface area contributed by atoms with E-state index in [4.69, 9.17) is 0 Å². The third-order valence-corrected chi connectivity index (χ3v) is 5.06. The van der Waals surface area contributed by atoms with E-state index in [0.29, 0.717) is 25.7 Å². The van der Waals surface area contributed by atoms with Crippen LogP contribution in [0.2, 0.25) is 0 Å². The second-order valence-electron chi connectivity index (χ2n) is 6.35. The van der Waals surface area contributed by atoms with Gasteiger partial charge in [0.2, 0.25) is 0 Å². The summed E-state index contributed by atoms with van der Waals surface area (Å²) >= 11 is 1.58. The fraction of sp³-hybridized carbons (Fsp3) is 0.227. The molecule has 2 aromatic carbocycles. The zero-order chi connectivity index (χ0) is 18.4. The molecule has 0 amide bonds. The van der Waals surface area contributed by atoms with Gasteiger partial charge in [0.25, 0.3) is 0 Å². The Hall–Kier alpha value is -2.59. The zero-order valence-corrected chi connectivity index (χ0v) is 15.6. The Bertz CT molecular complexity index is 886. The summed E-state index contributed by atoms with van der Waals surface area (Å²) in [7, 11) is 0. The number of carbonyl (C=O) groups excluding carboxylic acids is 2. The number of hydrogen-bond acceptors (Lipinski definition) is 4. The van der Waals surface area contributed by atoms with Crippen molar-refractivity contribution in [3.63, 3.8) is 0 Å². The van der Waals surface area contributed by atoms with Crippen LogP contribution in [-0.2, 0) is 16.0 Å². The lowest BCUT2D eigenvalue weighted by Crippen LogP contribution is -2.05. The molecule has 0 aliphatic heterocycles. The van der Waals surface area contributed by atoms with E-state index < -0.39 is 0 Å². The fourth-order valence-corrected chi connectivity index (χ4v) is 3.62. The summed E-state index contributed by atoms with van der Waals surface area (Å²) in [6, 6.07) is 16.4. The summed E-state index contributed by atoms with van der Waals surface area (Å²) in [6.45, 7) is 1.56. The minimum atomic E-state index is 0.133. The Morgan fingerprint density at radius 2 is 1.81 bits per heavy atom. The van der Waals surface area contributed by atoms with Crippen LogP contribution >= 0.6 is 11.3 Å². The van der Waals surface area contributed by atoms with E-state index in [1.54, 1.807) is 24.5 Å². The SMILES string of the molecule is CC(=O)CCCC(=O)Cc1ccc(-c2ccccc2)cc1-c1nccs1. The molecule has 3 aromatic rings. The molecule has 0 N–H and O–H groups in total. The third-order valence-electron chi connectivity index (χ3n) is 4.25. The average molecular weight is 363 g/mol. The lowest BCUT2D eigenvalue weighted by molar-refractivity contribution is -0.119. The first-order valence-corrected chi connectivity index (χ1v) is 9.61.